The van der Waals surface area contributed by atoms with Crippen molar-refractivity contribution in [2.75, 3.05) is 40.3 Å². The van der Waals surface area contributed by atoms with E-state index in [0.717, 1.165) is 25.6 Å². The molecular formula is C17H36N4O2. The van der Waals surface area contributed by atoms with Crippen molar-refractivity contribution in [2.24, 2.45) is 4.99 Å². The standard InChI is InChI=1S/C17H36N4O2/c1-13-9-21(10-14(2)23-13)16(3,4)11-19-15(18-7)20-12-17(5,6)22-8/h13-14H,9-12H2,1-8H3,(H2,18,19,20). The van der Waals surface area contributed by atoms with Crippen molar-refractivity contribution in [2.45, 2.75) is 64.9 Å². The molecule has 0 aromatic carbocycles. The van der Waals surface area contributed by atoms with Crippen molar-refractivity contribution in [3.8, 4) is 0 Å². The number of morpholine rings is 1. The van der Waals surface area contributed by atoms with E-state index in [9.17, 15) is 0 Å². The Morgan fingerprint density at radius 1 is 1.13 bits per heavy atom. The first-order chi connectivity index (χ1) is 10.6. The molecule has 2 atom stereocenters. The summed E-state index contributed by atoms with van der Waals surface area (Å²) >= 11 is 0. The average Bonchev–Trinajstić information content (AvgIpc) is 2.46. The Balaban J connectivity index is 2.53. The lowest BCUT2D eigenvalue weighted by atomic mass is 10.00. The number of methoxy groups -OCH3 is 1. The van der Waals surface area contributed by atoms with Gasteiger partial charge in [0, 0.05) is 45.9 Å². The van der Waals surface area contributed by atoms with E-state index in [1.807, 2.05) is 13.8 Å². The molecule has 1 rings (SSSR count). The van der Waals surface area contributed by atoms with E-state index in [0.29, 0.717) is 6.54 Å². The fourth-order valence-electron chi connectivity index (χ4n) is 2.67. The minimum Gasteiger partial charge on any atom is -0.377 e. The largest absolute Gasteiger partial charge is 0.377 e. The molecule has 2 N–H and O–H groups in total. The molecule has 0 aromatic rings. The molecule has 0 aliphatic carbocycles. The summed E-state index contributed by atoms with van der Waals surface area (Å²) in [6.07, 6.45) is 0.552. The second-order valence-corrected chi connectivity index (χ2v) is 7.72. The maximum Gasteiger partial charge on any atom is 0.191 e. The fraction of sp³-hybridized carbons (Fsp3) is 0.941. The van der Waals surface area contributed by atoms with Crippen LogP contribution >= 0.6 is 0 Å². The third-order valence-corrected chi connectivity index (χ3v) is 4.42. The Bertz CT molecular complexity index is 386. The molecule has 0 saturated carbocycles. The van der Waals surface area contributed by atoms with Crippen LogP contribution in [0, 0.1) is 0 Å². The second-order valence-electron chi connectivity index (χ2n) is 7.72. The molecule has 6 heteroatoms. The van der Waals surface area contributed by atoms with Crippen LogP contribution in [-0.4, -0.2) is 74.5 Å². The van der Waals surface area contributed by atoms with Crippen LogP contribution in [0.5, 0.6) is 0 Å². The minimum absolute atomic E-state index is 0.0285. The molecule has 1 heterocycles. The van der Waals surface area contributed by atoms with E-state index in [2.05, 4.69) is 48.2 Å². The molecule has 23 heavy (non-hydrogen) atoms. The topological polar surface area (TPSA) is 58.1 Å². The number of nitrogens with one attached hydrogen (secondary N) is 2. The van der Waals surface area contributed by atoms with Crippen molar-refractivity contribution in [3.63, 3.8) is 0 Å². The van der Waals surface area contributed by atoms with Crippen molar-refractivity contribution in [1.82, 2.24) is 15.5 Å². The van der Waals surface area contributed by atoms with Gasteiger partial charge in [0.05, 0.1) is 17.8 Å². The maximum absolute atomic E-state index is 5.83. The molecule has 1 aliphatic heterocycles. The zero-order valence-corrected chi connectivity index (χ0v) is 16.2. The lowest BCUT2D eigenvalue weighted by Crippen LogP contribution is -2.59. The number of guanidine groups is 1. The normalized spacial score (nSPS) is 24.6. The Morgan fingerprint density at radius 2 is 1.65 bits per heavy atom. The van der Waals surface area contributed by atoms with Gasteiger partial charge in [-0.3, -0.25) is 9.89 Å². The summed E-state index contributed by atoms with van der Waals surface area (Å²) in [6, 6.07) is 0. The third kappa shape index (κ3) is 6.65. The first-order valence-electron chi connectivity index (χ1n) is 8.50. The molecule has 1 aliphatic rings. The smallest absolute Gasteiger partial charge is 0.191 e. The van der Waals surface area contributed by atoms with E-state index >= 15 is 0 Å². The summed E-state index contributed by atoms with van der Waals surface area (Å²) in [6.45, 7) is 16.3. The molecule has 0 aromatic heterocycles. The lowest BCUT2D eigenvalue weighted by molar-refractivity contribution is -0.0946. The lowest BCUT2D eigenvalue weighted by Gasteiger charge is -2.45. The Labute approximate surface area is 142 Å². The summed E-state index contributed by atoms with van der Waals surface area (Å²) in [5.74, 6) is 0.803. The third-order valence-electron chi connectivity index (χ3n) is 4.42. The molecule has 1 fully saturated rings. The van der Waals surface area contributed by atoms with Gasteiger partial charge in [-0.2, -0.15) is 0 Å². The number of hydrogen-bond donors (Lipinski definition) is 2. The van der Waals surface area contributed by atoms with Gasteiger partial charge in [-0.15, -0.1) is 0 Å². The molecule has 0 radical (unpaired) electrons. The zero-order chi connectivity index (χ0) is 17.7. The molecule has 136 valence electrons. The second kappa shape index (κ2) is 8.31. The van der Waals surface area contributed by atoms with E-state index in [1.165, 1.54) is 0 Å². The van der Waals surface area contributed by atoms with Gasteiger partial charge in [0.2, 0.25) is 0 Å². The minimum atomic E-state index is -0.220. The van der Waals surface area contributed by atoms with Gasteiger partial charge >= 0.3 is 0 Å². The summed E-state index contributed by atoms with van der Waals surface area (Å²) < 4.78 is 11.3. The van der Waals surface area contributed by atoms with Crippen molar-refractivity contribution in [1.29, 1.82) is 0 Å². The van der Waals surface area contributed by atoms with Gasteiger partial charge < -0.3 is 20.1 Å². The van der Waals surface area contributed by atoms with Crippen LogP contribution in [0.25, 0.3) is 0 Å². The first-order valence-corrected chi connectivity index (χ1v) is 8.50. The maximum atomic E-state index is 5.83. The molecule has 0 spiro atoms. The summed E-state index contributed by atoms with van der Waals surface area (Å²) in [5, 5.41) is 6.76. The van der Waals surface area contributed by atoms with Crippen LogP contribution in [-0.2, 0) is 9.47 Å². The highest BCUT2D eigenvalue weighted by atomic mass is 16.5. The van der Waals surface area contributed by atoms with Gasteiger partial charge in [0.25, 0.3) is 0 Å². The van der Waals surface area contributed by atoms with Crippen LogP contribution in [0.2, 0.25) is 0 Å². The number of aliphatic imine (C=N–C) groups is 1. The molecule has 0 bridgehead atoms. The molecular weight excluding hydrogens is 292 g/mol. The Morgan fingerprint density at radius 3 is 2.13 bits per heavy atom. The van der Waals surface area contributed by atoms with Crippen molar-refractivity contribution < 1.29 is 9.47 Å². The number of ether oxygens (including phenoxy) is 2. The summed E-state index contributed by atoms with van der Waals surface area (Å²) in [5.41, 5.74) is -0.192. The van der Waals surface area contributed by atoms with E-state index < -0.39 is 0 Å². The highest BCUT2D eigenvalue weighted by Gasteiger charge is 2.33. The molecule has 2 unspecified atom stereocenters. The van der Waals surface area contributed by atoms with E-state index in [4.69, 9.17) is 9.47 Å². The SMILES string of the molecule is CN=C(NCC(C)(C)OC)NCC(C)(C)N1CC(C)OC(C)C1. The number of rotatable bonds is 6. The van der Waals surface area contributed by atoms with Crippen molar-refractivity contribution >= 4 is 5.96 Å². The Hall–Kier alpha value is -0.850. The molecule has 1 saturated heterocycles. The number of nitrogens with zero attached hydrogens (tertiary/aromatic N) is 2. The zero-order valence-electron chi connectivity index (χ0n) is 16.2. The van der Waals surface area contributed by atoms with Gasteiger partial charge in [-0.1, -0.05) is 0 Å². The van der Waals surface area contributed by atoms with Gasteiger partial charge in [0.15, 0.2) is 5.96 Å². The van der Waals surface area contributed by atoms with Crippen LogP contribution in [0.4, 0.5) is 0 Å². The molecule has 0 amide bonds. The van der Waals surface area contributed by atoms with Gasteiger partial charge in [-0.25, -0.2) is 0 Å². The first kappa shape index (κ1) is 20.2. The summed E-state index contributed by atoms with van der Waals surface area (Å²) in [4.78, 5) is 6.79. The van der Waals surface area contributed by atoms with E-state index in [1.54, 1.807) is 14.2 Å². The van der Waals surface area contributed by atoms with Crippen molar-refractivity contribution in [3.05, 3.63) is 0 Å². The molecule has 6 nitrogen and oxygen atoms in total. The predicted molar refractivity (Wildman–Crippen MR) is 96.1 cm³/mol. The van der Waals surface area contributed by atoms with Crippen LogP contribution in [0.1, 0.15) is 41.5 Å². The van der Waals surface area contributed by atoms with Crippen LogP contribution in [0.15, 0.2) is 4.99 Å². The fourth-order valence-corrected chi connectivity index (χ4v) is 2.67. The average molecular weight is 329 g/mol. The van der Waals surface area contributed by atoms with Crippen LogP contribution in [0.3, 0.4) is 0 Å². The quantitative estimate of drug-likeness (QED) is 0.571. The van der Waals surface area contributed by atoms with Gasteiger partial charge in [-0.05, 0) is 41.5 Å². The monoisotopic (exact) mass is 328 g/mol. The van der Waals surface area contributed by atoms with Crippen LogP contribution < -0.4 is 10.6 Å². The highest BCUT2D eigenvalue weighted by Crippen LogP contribution is 2.20. The number of hydrogen-bond acceptors (Lipinski definition) is 4. The Kier molecular flexibility index (Phi) is 7.29. The predicted octanol–water partition coefficient (Wildman–Crippen LogP) is 1.46. The van der Waals surface area contributed by atoms with E-state index in [-0.39, 0.29) is 23.3 Å². The highest BCUT2D eigenvalue weighted by molar-refractivity contribution is 5.79. The van der Waals surface area contributed by atoms with Gasteiger partial charge in [0.1, 0.15) is 0 Å². The summed E-state index contributed by atoms with van der Waals surface area (Å²) in [7, 11) is 3.52.